The van der Waals surface area contributed by atoms with Gasteiger partial charge in [-0.05, 0) is 27.8 Å². The van der Waals surface area contributed by atoms with Gasteiger partial charge < -0.3 is 9.59 Å². The first-order valence-electron chi connectivity index (χ1n) is 9.22. The quantitative estimate of drug-likeness (QED) is 0.547. The van der Waals surface area contributed by atoms with Crippen LogP contribution in [0.15, 0.2) is 60.7 Å². The van der Waals surface area contributed by atoms with E-state index in [9.17, 15) is 9.59 Å². The summed E-state index contributed by atoms with van der Waals surface area (Å²) >= 11 is 0. The van der Waals surface area contributed by atoms with Gasteiger partial charge in [-0.1, -0.05) is 94.3 Å². The first kappa shape index (κ1) is 19.6. The Balaban J connectivity index is 2.49. The molecule has 0 aliphatic heterocycles. The van der Waals surface area contributed by atoms with Crippen molar-refractivity contribution >= 4 is 25.0 Å². The summed E-state index contributed by atoms with van der Waals surface area (Å²) in [5, 5.41) is 1.79. The molecule has 1 unspecified atom stereocenters. The second-order valence-electron chi connectivity index (χ2n) is 7.59. The van der Waals surface area contributed by atoms with Crippen LogP contribution in [-0.2, 0) is 4.79 Å². The van der Waals surface area contributed by atoms with E-state index in [-0.39, 0.29) is 5.04 Å². The van der Waals surface area contributed by atoms with Gasteiger partial charge in [0.05, 0.1) is 0 Å². The maximum Gasteiger partial charge on any atom is 0.258 e. The van der Waals surface area contributed by atoms with Crippen LogP contribution in [0.1, 0.15) is 46.5 Å². The summed E-state index contributed by atoms with van der Waals surface area (Å²) in [6.45, 7) is 6.50. The summed E-state index contributed by atoms with van der Waals surface area (Å²) < 4.78 is 0. The number of benzene rings is 2. The van der Waals surface area contributed by atoms with E-state index < -0.39 is 8.32 Å². The number of hydrogen-bond donors (Lipinski definition) is 1. The average molecular weight is 355 g/mol. The molecule has 0 fully saturated rings. The van der Waals surface area contributed by atoms with Gasteiger partial charge in [0.25, 0.3) is 8.32 Å². The predicted octanol–water partition coefficient (Wildman–Crippen LogP) is 3.91. The van der Waals surface area contributed by atoms with E-state index in [1.54, 1.807) is 0 Å². The van der Waals surface area contributed by atoms with Crippen LogP contribution in [0.5, 0.6) is 0 Å². The van der Waals surface area contributed by atoms with Gasteiger partial charge in [0, 0.05) is 6.42 Å². The maximum atomic E-state index is 12.1. The van der Waals surface area contributed by atoms with Crippen molar-refractivity contribution in [2.45, 2.75) is 51.5 Å². The lowest BCUT2D eigenvalue weighted by Gasteiger charge is -2.43. The van der Waals surface area contributed by atoms with Crippen LogP contribution in [0.2, 0.25) is 5.04 Å². The van der Waals surface area contributed by atoms with E-state index in [4.69, 9.17) is 0 Å². The molecule has 0 spiro atoms. The Morgan fingerprint density at radius 3 is 1.88 bits per heavy atom. The van der Waals surface area contributed by atoms with Crippen LogP contribution in [0.3, 0.4) is 0 Å². The molecule has 1 atom stereocenters. The highest BCUT2D eigenvalue weighted by molar-refractivity contribution is 6.98. The fourth-order valence-corrected chi connectivity index (χ4v) is 7.85. The normalized spacial score (nSPS) is 13.4. The fraction of sp³-hybridized carbons (Fsp3) is 0.409. The summed E-state index contributed by atoms with van der Waals surface area (Å²) in [5.41, 5.74) is 0. The topological polar surface area (TPSA) is 37.3 Å². The molecule has 0 heterocycles. The van der Waals surface area contributed by atoms with E-state index >= 15 is 0 Å². The van der Waals surface area contributed by atoms with Crippen molar-refractivity contribution in [3.05, 3.63) is 60.7 Å². The van der Waals surface area contributed by atoms with Gasteiger partial charge >= 0.3 is 0 Å². The highest BCUT2D eigenvalue weighted by atomic mass is 28.4. The molecule has 0 aliphatic rings. The molecule has 3 heteroatoms. The lowest BCUT2D eigenvalue weighted by Crippen LogP contribution is -2.65. The standard InChI is InChI=1S/C22H30O2Si/c1-4-11-19(16-17-23)18-22(2,3)25(24,20-12-7-5-8-13-20)21-14-9-6-10-15-21/h5-10,12-15,17,19,24H,4,11,16,18H2,1-3H3. The Labute approximate surface area is 153 Å². The van der Waals surface area contributed by atoms with Gasteiger partial charge in [0.2, 0.25) is 0 Å². The van der Waals surface area contributed by atoms with Crippen molar-refractivity contribution in [1.29, 1.82) is 0 Å². The minimum absolute atomic E-state index is 0.279. The Bertz CT molecular complexity index is 613. The summed E-state index contributed by atoms with van der Waals surface area (Å²) in [7, 11) is -2.97. The Hall–Kier alpha value is -1.71. The minimum atomic E-state index is -2.97. The Morgan fingerprint density at radius 2 is 1.48 bits per heavy atom. The second-order valence-corrected chi connectivity index (χ2v) is 11.5. The molecule has 0 aliphatic carbocycles. The molecule has 2 rings (SSSR count). The molecule has 2 nitrogen and oxygen atoms in total. The summed E-state index contributed by atoms with van der Waals surface area (Å²) in [5.74, 6) is 0.323. The Kier molecular flexibility index (Phi) is 6.74. The largest absolute Gasteiger partial charge is 0.424 e. The molecular formula is C22H30O2Si. The molecule has 1 N–H and O–H groups in total. The highest BCUT2D eigenvalue weighted by Crippen LogP contribution is 2.42. The van der Waals surface area contributed by atoms with Crippen LogP contribution in [0, 0.1) is 5.92 Å². The molecule has 0 aromatic heterocycles. The SMILES string of the molecule is CCCC(CC=O)CC(C)(C)[Si](O)(c1ccccc1)c1ccccc1. The van der Waals surface area contributed by atoms with Crippen molar-refractivity contribution in [2.24, 2.45) is 5.92 Å². The van der Waals surface area contributed by atoms with E-state index in [1.165, 1.54) is 0 Å². The summed E-state index contributed by atoms with van der Waals surface area (Å²) in [6, 6.07) is 20.2. The number of carbonyl (C=O) groups excluding carboxylic acids is 1. The third kappa shape index (κ3) is 4.28. The van der Waals surface area contributed by atoms with Gasteiger partial charge in [-0.2, -0.15) is 0 Å². The number of hydrogen-bond acceptors (Lipinski definition) is 2. The van der Waals surface area contributed by atoms with Crippen molar-refractivity contribution in [3.8, 4) is 0 Å². The van der Waals surface area contributed by atoms with Crippen LogP contribution < -0.4 is 10.4 Å². The van der Waals surface area contributed by atoms with Crippen molar-refractivity contribution in [1.82, 2.24) is 0 Å². The first-order valence-corrected chi connectivity index (χ1v) is 11.2. The van der Waals surface area contributed by atoms with E-state index in [0.29, 0.717) is 12.3 Å². The maximum absolute atomic E-state index is 12.1. The average Bonchev–Trinajstić information content (AvgIpc) is 2.62. The smallest absolute Gasteiger partial charge is 0.258 e. The van der Waals surface area contributed by atoms with Crippen molar-refractivity contribution in [3.63, 3.8) is 0 Å². The van der Waals surface area contributed by atoms with E-state index in [2.05, 4.69) is 45.0 Å². The van der Waals surface area contributed by atoms with Crippen molar-refractivity contribution in [2.75, 3.05) is 0 Å². The van der Waals surface area contributed by atoms with E-state index in [0.717, 1.165) is 35.9 Å². The molecule has 0 saturated carbocycles. The third-order valence-corrected chi connectivity index (χ3v) is 9.79. The number of rotatable bonds is 9. The Morgan fingerprint density at radius 1 is 1.00 bits per heavy atom. The molecule has 25 heavy (non-hydrogen) atoms. The molecule has 0 radical (unpaired) electrons. The summed E-state index contributed by atoms with van der Waals surface area (Å²) in [6.07, 6.45) is 4.54. The predicted molar refractivity (Wildman–Crippen MR) is 108 cm³/mol. The van der Waals surface area contributed by atoms with Gasteiger partial charge in [0.15, 0.2) is 0 Å². The molecule has 0 saturated heterocycles. The fourth-order valence-electron chi connectivity index (χ4n) is 4.02. The van der Waals surface area contributed by atoms with Gasteiger partial charge in [0.1, 0.15) is 6.29 Å². The highest BCUT2D eigenvalue weighted by Gasteiger charge is 2.50. The van der Waals surface area contributed by atoms with Crippen molar-refractivity contribution < 1.29 is 9.59 Å². The molecule has 2 aromatic carbocycles. The molecular weight excluding hydrogens is 324 g/mol. The zero-order chi connectivity index (χ0) is 18.3. The molecule has 134 valence electrons. The lowest BCUT2D eigenvalue weighted by molar-refractivity contribution is -0.108. The van der Waals surface area contributed by atoms with Crippen LogP contribution >= 0.6 is 0 Å². The molecule has 2 aromatic rings. The third-order valence-electron chi connectivity index (χ3n) is 5.29. The number of carbonyl (C=O) groups is 1. The van der Waals surface area contributed by atoms with Gasteiger partial charge in [-0.25, -0.2) is 0 Å². The van der Waals surface area contributed by atoms with Crippen LogP contribution in [-0.4, -0.2) is 19.4 Å². The summed E-state index contributed by atoms with van der Waals surface area (Å²) in [4.78, 5) is 23.2. The lowest BCUT2D eigenvalue weighted by atomic mass is 9.90. The van der Waals surface area contributed by atoms with E-state index in [1.807, 2.05) is 36.4 Å². The second kappa shape index (κ2) is 8.59. The monoisotopic (exact) mass is 354 g/mol. The zero-order valence-electron chi connectivity index (χ0n) is 15.6. The molecule has 0 amide bonds. The minimum Gasteiger partial charge on any atom is -0.424 e. The van der Waals surface area contributed by atoms with Gasteiger partial charge in [-0.15, -0.1) is 0 Å². The van der Waals surface area contributed by atoms with Crippen LogP contribution in [0.25, 0.3) is 0 Å². The van der Waals surface area contributed by atoms with Gasteiger partial charge in [-0.3, -0.25) is 0 Å². The number of aldehydes is 1. The zero-order valence-corrected chi connectivity index (χ0v) is 16.6. The molecule has 0 bridgehead atoms. The van der Waals surface area contributed by atoms with Crippen LogP contribution in [0.4, 0.5) is 0 Å². The first-order chi connectivity index (χ1) is 12.0.